The average molecular weight is 321 g/mol. The number of fused-ring (bicyclic) bond motifs is 1. The molecule has 9 heteroatoms. The lowest BCUT2D eigenvalue weighted by atomic mass is 10.1. The molecule has 124 valence electrons. The number of carbonyl (C=O) groups is 2. The molecular weight excluding hydrogens is 302 g/mol. The molecule has 0 spiro atoms. The largest absolute Gasteiger partial charge is 0.481 e. The van der Waals surface area contributed by atoms with Crippen molar-refractivity contribution < 1.29 is 19.4 Å². The van der Waals surface area contributed by atoms with Crippen molar-refractivity contribution in [3.05, 3.63) is 17.0 Å². The quantitative estimate of drug-likeness (QED) is 0.883. The Kier molecular flexibility index (Phi) is 4.22. The van der Waals surface area contributed by atoms with Gasteiger partial charge in [0.2, 0.25) is 0 Å². The molecule has 0 aliphatic carbocycles. The van der Waals surface area contributed by atoms with Gasteiger partial charge in [-0.2, -0.15) is 9.50 Å². The number of anilines is 1. The zero-order valence-electron chi connectivity index (χ0n) is 13.7. The molecule has 23 heavy (non-hydrogen) atoms. The number of rotatable bonds is 3. The Balaban J connectivity index is 2.34. The Morgan fingerprint density at radius 3 is 2.48 bits per heavy atom. The van der Waals surface area contributed by atoms with Crippen LogP contribution in [0.25, 0.3) is 5.78 Å². The molecule has 0 atom stereocenters. The Morgan fingerprint density at radius 1 is 1.26 bits per heavy atom. The summed E-state index contributed by atoms with van der Waals surface area (Å²) in [5.74, 6) is -0.633. The molecule has 2 N–H and O–H groups in total. The van der Waals surface area contributed by atoms with Crippen LogP contribution in [0.5, 0.6) is 0 Å². The fourth-order valence-corrected chi connectivity index (χ4v) is 2.06. The predicted octanol–water partition coefficient (Wildman–Crippen LogP) is 1.72. The molecule has 0 unspecified atom stereocenters. The first-order chi connectivity index (χ1) is 10.6. The minimum absolute atomic E-state index is 0.0433. The number of aliphatic carboxylic acids is 1. The van der Waals surface area contributed by atoms with E-state index in [0.29, 0.717) is 17.0 Å². The van der Waals surface area contributed by atoms with Crippen molar-refractivity contribution in [1.82, 2.24) is 19.6 Å². The van der Waals surface area contributed by atoms with Crippen molar-refractivity contribution in [2.75, 3.05) is 5.32 Å². The van der Waals surface area contributed by atoms with Crippen LogP contribution in [0, 0.1) is 13.8 Å². The third kappa shape index (κ3) is 3.93. The molecule has 2 aromatic rings. The number of carboxylic acids is 1. The maximum absolute atomic E-state index is 11.7. The predicted molar refractivity (Wildman–Crippen MR) is 81.5 cm³/mol. The second kappa shape index (κ2) is 5.82. The fourth-order valence-electron chi connectivity index (χ4n) is 2.06. The highest BCUT2D eigenvalue weighted by molar-refractivity contribution is 5.82. The molecular formula is C14H19N5O4. The van der Waals surface area contributed by atoms with Gasteiger partial charge in [-0.3, -0.25) is 10.1 Å². The van der Waals surface area contributed by atoms with Crippen LogP contribution in [0.4, 0.5) is 10.7 Å². The van der Waals surface area contributed by atoms with Gasteiger partial charge in [0, 0.05) is 17.0 Å². The van der Waals surface area contributed by atoms with Crippen molar-refractivity contribution in [2.24, 2.45) is 0 Å². The molecule has 9 nitrogen and oxygen atoms in total. The molecule has 2 aromatic heterocycles. The molecule has 0 aliphatic rings. The summed E-state index contributed by atoms with van der Waals surface area (Å²) in [5, 5.41) is 15.5. The first-order valence-corrected chi connectivity index (χ1v) is 7.01. The van der Waals surface area contributed by atoms with Gasteiger partial charge in [0.25, 0.3) is 11.7 Å². The summed E-state index contributed by atoms with van der Waals surface area (Å²) in [7, 11) is 0. The van der Waals surface area contributed by atoms with E-state index in [1.54, 1.807) is 34.6 Å². The van der Waals surface area contributed by atoms with Crippen LogP contribution in [0.2, 0.25) is 0 Å². The number of aryl methyl sites for hydroxylation is 2. The lowest BCUT2D eigenvalue weighted by molar-refractivity contribution is -0.136. The van der Waals surface area contributed by atoms with Gasteiger partial charge in [0.15, 0.2) is 0 Å². The number of aromatic nitrogens is 4. The van der Waals surface area contributed by atoms with Gasteiger partial charge in [0.05, 0.1) is 6.42 Å². The van der Waals surface area contributed by atoms with Crippen molar-refractivity contribution in [3.8, 4) is 0 Å². The van der Waals surface area contributed by atoms with Crippen LogP contribution in [0.3, 0.4) is 0 Å². The molecule has 1 amide bonds. The Bertz CT molecular complexity index is 776. The van der Waals surface area contributed by atoms with Gasteiger partial charge in [-0.25, -0.2) is 9.78 Å². The summed E-state index contributed by atoms with van der Waals surface area (Å²) >= 11 is 0. The standard InChI is InChI=1S/C14H19N5O4/c1-7-9(6-10(20)21)8(2)19-12(15-7)16-11(18-19)17-13(22)23-14(3,4)5/h6H2,1-5H3,(H,20,21)(H,17,18,22). The highest BCUT2D eigenvalue weighted by Crippen LogP contribution is 2.16. The zero-order chi connectivity index (χ0) is 17.4. The highest BCUT2D eigenvalue weighted by Gasteiger charge is 2.19. The summed E-state index contributed by atoms with van der Waals surface area (Å²) in [5.41, 5.74) is 1.11. The summed E-state index contributed by atoms with van der Waals surface area (Å²) < 4.78 is 6.53. The van der Waals surface area contributed by atoms with E-state index in [1.807, 2.05) is 0 Å². The third-order valence-electron chi connectivity index (χ3n) is 2.99. The van der Waals surface area contributed by atoms with E-state index < -0.39 is 17.7 Å². The van der Waals surface area contributed by atoms with Gasteiger partial charge in [0.1, 0.15) is 5.60 Å². The van der Waals surface area contributed by atoms with Crippen molar-refractivity contribution >= 4 is 23.8 Å². The van der Waals surface area contributed by atoms with Crippen molar-refractivity contribution in [2.45, 2.75) is 46.6 Å². The minimum atomic E-state index is -0.954. The maximum Gasteiger partial charge on any atom is 0.414 e. The number of carboxylic acid groups (broad SMARTS) is 1. The summed E-state index contributed by atoms with van der Waals surface area (Å²) in [6, 6.07) is 0. The fraction of sp³-hybridized carbons (Fsp3) is 0.500. The smallest absolute Gasteiger partial charge is 0.414 e. The molecule has 0 fully saturated rings. The number of amides is 1. The van der Waals surface area contributed by atoms with Crippen molar-refractivity contribution in [1.29, 1.82) is 0 Å². The van der Waals surface area contributed by atoms with Crippen LogP contribution in [-0.4, -0.2) is 42.4 Å². The lowest BCUT2D eigenvalue weighted by Gasteiger charge is -2.18. The number of hydrogen-bond donors (Lipinski definition) is 2. The van der Waals surface area contributed by atoms with Gasteiger partial charge >= 0.3 is 12.1 Å². The number of nitrogens with zero attached hydrogens (tertiary/aromatic N) is 4. The van der Waals surface area contributed by atoms with E-state index in [-0.39, 0.29) is 18.1 Å². The summed E-state index contributed by atoms with van der Waals surface area (Å²) in [4.78, 5) is 31.0. The SMILES string of the molecule is Cc1nc2nc(NC(=O)OC(C)(C)C)nn2c(C)c1CC(=O)O. The minimum Gasteiger partial charge on any atom is -0.481 e. The average Bonchev–Trinajstić information content (AvgIpc) is 2.74. The molecule has 0 radical (unpaired) electrons. The molecule has 2 rings (SSSR count). The monoisotopic (exact) mass is 321 g/mol. The number of nitrogens with one attached hydrogen (secondary N) is 1. The normalized spacial score (nSPS) is 11.5. The van der Waals surface area contributed by atoms with Gasteiger partial charge < -0.3 is 9.84 Å². The van der Waals surface area contributed by atoms with Gasteiger partial charge in [-0.15, -0.1) is 5.10 Å². The summed E-state index contributed by atoms with van der Waals surface area (Å²) in [6.45, 7) is 8.68. The van der Waals surface area contributed by atoms with Crippen LogP contribution in [-0.2, 0) is 16.0 Å². The zero-order valence-corrected chi connectivity index (χ0v) is 13.7. The first kappa shape index (κ1) is 16.7. The van der Waals surface area contributed by atoms with Crippen LogP contribution in [0.1, 0.15) is 37.7 Å². The Morgan fingerprint density at radius 2 is 1.91 bits per heavy atom. The number of hydrogen-bond acceptors (Lipinski definition) is 6. The van der Waals surface area contributed by atoms with E-state index in [9.17, 15) is 9.59 Å². The van der Waals surface area contributed by atoms with Crippen molar-refractivity contribution in [3.63, 3.8) is 0 Å². The number of ether oxygens (including phenoxy) is 1. The lowest BCUT2D eigenvalue weighted by Crippen LogP contribution is -2.27. The topological polar surface area (TPSA) is 119 Å². The number of carbonyl (C=O) groups excluding carboxylic acids is 1. The summed E-state index contributed by atoms with van der Waals surface area (Å²) in [6.07, 6.45) is -0.830. The molecule has 0 saturated heterocycles. The second-order valence-corrected chi connectivity index (χ2v) is 6.11. The van der Waals surface area contributed by atoms with Crippen LogP contribution >= 0.6 is 0 Å². The van der Waals surface area contributed by atoms with E-state index in [2.05, 4.69) is 20.4 Å². The molecule has 2 heterocycles. The van der Waals surface area contributed by atoms with E-state index in [0.717, 1.165) is 0 Å². The van der Waals surface area contributed by atoms with Gasteiger partial charge in [-0.05, 0) is 34.6 Å². The van der Waals surface area contributed by atoms with Crippen LogP contribution in [0.15, 0.2) is 0 Å². The molecule has 0 aliphatic heterocycles. The Hall–Kier alpha value is -2.71. The Labute approximate surface area is 132 Å². The van der Waals surface area contributed by atoms with E-state index in [4.69, 9.17) is 9.84 Å². The molecule has 0 aromatic carbocycles. The molecule has 0 saturated carbocycles. The highest BCUT2D eigenvalue weighted by atomic mass is 16.6. The van der Waals surface area contributed by atoms with E-state index >= 15 is 0 Å². The van der Waals surface area contributed by atoms with Crippen LogP contribution < -0.4 is 5.32 Å². The second-order valence-electron chi connectivity index (χ2n) is 6.11. The third-order valence-corrected chi connectivity index (χ3v) is 2.99. The first-order valence-electron chi connectivity index (χ1n) is 7.01. The molecule has 0 bridgehead atoms. The van der Waals surface area contributed by atoms with E-state index in [1.165, 1.54) is 4.52 Å². The maximum atomic E-state index is 11.7. The van der Waals surface area contributed by atoms with Gasteiger partial charge in [-0.1, -0.05) is 0 Å².